The van der Waals surface area contributed by atoms with Gasteiger partial charge in [-0.25, -0.2) is 0 Å². The maximum Gasteiger partial charge on any atom is 0.310 e. The van der Waals surface area contributed by atoms with Crippen molar-refractivity contribution in [3.8, 4) is 0 Å². The van der Waals surface area contributed by atoms with E-state index in [9.17, 15) is 19.8 Å². The Balaban J connectivity index is 1.38. The average Bonchev–Trinajstić information content (AvgIpc) is 2.95. The van der Waals surface area contributed by atoms with Crippen molar-refractivity contribution in [2.75, 3.05) is 0 Å². The zero-order valence-electron chi connectivity index (χ0n) is 21.7. The molecule has 2 fully saturated rings. The van der Waals surface area contributed by atoms with E-state index in [4.69, 9.17) is 9.47 Å². The van der Waals surface area contributed by atoms with Crippen molar-refractivity contribution in [2.24, 2.45) is 11.8 Å². The van der Waals surface area contributed by atoms with Crippen LogP contribution in [0.4, 0.5) is 0 Å². The van der Waals surface area contributed by atoms with Gasteiger partial charge in [-0.05, 0) is 36.8 Å². The van der Waals surface area contributed by atoms with Crippen LogP contribution in [0.25, 0.3) is 0 Å². The molecule has 0 radical (unpaired) electrons. The van der Waals surface area contributed by atoms with Crippen LogP contribution in [0.1, 0.15) is 74.3 Å². The maximum absolute atomic E-state index is 12.6. The first-order valence-electron chi connectivity index (χ1n) is 14.1. The van der Waals surface area contributed by atoms with E-state index in [1.54, 1.807) is 12.2 Å². The summed E-state index contributed by atoms with van der Waals surface area (Å²) in [7, 11) is 0. The molecule has 0 aliphatic heterocycles. The molecule has 0 amide bonds. The maximum atomic E-state index is 12.6. The monoisotopic (exact) mass is 518 g/mol. The van der Waals surface area contributed by atoms with E-state index < -0.39 is 36.0 Å². The number of carbonyl (C=O) groups is 2. The summed E-state index contributed by atoms with van der Waals surface area (Å²) in [5, 5.41) is 20.5. The predicted octanol–water partition coefficient (Wildman–Crippen LogP) is 6.18. The Labute approximate surface area is 224 Å². The van der Waals surface area contributed by atoms with Gasteiger partial charge in [0.25, 0.3) is 0 Å². The molecule has 2 aromatic carbocycles. The molecular formula is C32H38O6. The molecular weight excluding hydrogens is 480 g/mol. The van der Waals surface area contributed by atoms with Gasteiger partial charge in [0, 0.05) is 11.8 Å². The van der Waals surface area contributed by atoms with Crippen molar-refractivity contribution in [3.63, 3.8) is 0 Å². The summed E-state index contributed by atoms with van der Waals surface area (Å²) in [6.07, 6.45) is 9.36. The first-order chi connectivity index (χ1) is 18.5. The lowest BCUT2D eigenvalue weighted by Gasteiger charge is -2.41. The predicted molar refractivity (Wildman–Crippen MR) is 144 cm³/mol. The van der Waals surface area contributed by atoms with Crippen LogP contribution in [0.15, 0.2) is 72.8 Å². The van der Waals surface area contributed by atoms with E-state index in [2.05, 4.69) is 24.3 Å². The normalized spacial score (nSPS) is 33.5. The van der Waals surface area contributed by atoms with Crippen LogP contribution in [0, 0.1) is 11.8 Å². The minimum absolute atomic E-state index is 0.157. The topological polar surface area (TPSA) is 93.1 Å². The van der Waals surface area contributed by atoms with Gasteiger partial charge in [-0.3, -0.25) is 9.59 Å². The zero-order valence-corrected chi connectivity index (χ0v) is 21.7. The highest BCUT2D eigenvalue weighted by Gasteiger charge is 2.49. The van der Waals surface area contributed by atoms with Crippen molar-refractivity contribution in [1.82, 2.24) is 0 Å². The molecule has 0 saturated heterocycles. The number of benzene rings is 2. The fourth-order valence-corrected chi connectivity index (χ4v) is 6.80. The smallest absolute Gasteiger partial charge is 0.310 e. The molecule has 202 valence electrons. The molecule has 0 heterocycles. The molecule has 4 unspecified atom stereocenters. The fraction of sp³-hybridized carbons (Fsp3) is 0.500. The Kier molecular flexibility index (Phi) is 8.60. The van der Waals surface area contributed by atoms with Crippen LogP contribution < -0.4 is 0 Å². The highest BCUT2D eigenvalue weighted by molar-refractivity contribution is 5.82. The molecule has 6 nitrogen and oxygen atoms in total. The summed E-state index contributed by atoms with van der Waals surface area (Å²) in [6.45, 7) is 0. The van der Waals surface area contributed by atoms with E-state index in [0.717, 1.165) is 51.4 Å². The lowest BCUT2D eigenvalue weighted by atomic mass is 9.77. The van der Waals surface area contributed by atoms with Crippen LogP contribution in [0.3, 0.4) is 0 Å². The number of carboxylic acid groups (broad SMARTS) is 2. The molecule has 0 spiro atoms. The molecule has 3 aliphatic rings. The molecule has 0 aromatic heterocycles. The van der Waals surface area contributed by atoms with E-state index in [1.807, 2.05) is 36.4 Å². The van der Waals surface area contributed by atoms with Crippen LogP contribution in [0.5, 0.6) is 0 Å². The second-order valence-electron chi connectivity index (χ2n) is 11.0. The number of hydrogen-bond acceptors (Lipinski definition) is 4. The third-order valence-corrected chi connectivity index (χ3v) is 8.68. The molecule has 8 atom stereocenters. The second kappa shape index (κ2) is 12.3. The summed E-state index contributed by atoms with van der Waals surface area (Å²) in [4.78, 5) is 25.1. The molecule has 6 heteroatoms. The molecule has 2 aromatic rings. The van der Waals surface area contributed by atoms with Crippen molar-refractivity contribution in [1.29, 1.82) is 0 Å². The summed E-state index contributed by atoms with van der Waals surface area (Å²) in [5.41, 5.74) is 2.37. The second-order valence-corrected chi connectivity index (χ2v) is 11.0. The Hall–Kier alpha value is -2.96. The first kappa shape index (κ1) is 26.6. The molecule has 3 aliphatic carbocycles. The molecule has 38 heavy (non-hydrogen) atoms. The quantitative estimate of drug-likeness (QED) is 0.405. The molecule has 0 bridgehead atoms. The van der Waals surface area contributed by atoms with Gasteiger partial charge in [-0.2, -0.15) is 0 Å². The van der Waals surface area contributed by atoms with E-state index in [-0.39, 0.29) is 24.0 Å². The van der Waals surface area contributed by atoms with Crippen molar-refractivity contribution in [3.05, 3.63) is 83.9 Å². The van der Waals surface area contributed by atoms with Gasteiger partial charge < -0.3 is 19.7 Å². The lowest BCUT2D eigenvalue weighted by molar-refractivity contribution is -0.173. The van der Waals surface area contributed by atoms with Gasteiger partial charge in [0.2, 0.25) is 0 Å². The Morgan fingerprint density at radius 3 is 1.32 bits per heavy atom. The van der Waals surface area contributed by atoms with Crippen LogP contribution in [0.2, 0.25) is 0 Å². The minimum atomic E-state index is -1.22. The number of aliphatic carboxylic acids is 2. The molecule has 5 rings (SSSR count). The highest BCUT2D eigenvalue weighted by Crippen LogP contribution is 2.41. The standard InChI is InChI=1S/C32H38O6/c33-31(34)29-27(37-25-17-9-7-15-23(25)21-11-3-1-4-12-21)19-20-28(30(29)32(35)36)38-26-18-10-8-16-24(26)22-13-5-2-6-14-22/h1-6,11-14,19-20,23-30H,7-10,15-18H2,(H,33,34)(H,35,36)/t23?,24?,25?,26?,27-,28+,29-,30-/m0/s1. The van der Waals surface area contributed by atoms with E-state index in [0.29, 0.717) is 0 Å². The third kappa shape index (κ3) is 5.87. The lowest BCUT2D eigenvalue weighted by Crippen LogP contribution is -2.50. The highest BCUT2D eigenvalue weighted by atomic mass is 16.5. The SMILES string of the molecule is O=C(O)[C@@H]1[C@@H](C(=O)O)[C@H](OC2CCCCC2c2ccccc2)C=C[C@@H]1OC1CCCCC1c1ccccc1. The molecule has 2 saturated carbocycles. The number of carboxylic acids is 2. The summed E-state index contributed by atoms with van der Waals surface area (Å²) in [5.74, 6) is -4.43. The molecule has 2 N–H and O–H groups in total. The summed E-state index contributed by atoms with van der Waals surface area (Å²) in [6, 6.07) is 20.4. The van der Waals surface area contributed by atoms with Gasteiger partial charge in [-0.15, -0.1) is 0 Å². The van der Waals surface area contributed by atoms with Crippen molar-refractivity contribution < 1.29 is 29.3 Å². The number of ether oxygens (including phenoxy) is 2. The van der Waals surface area contributed by atoms with Crippen LogP contribution >= 0.6 is 0 Å². The first-order valence-corrected chi connectivity index (χ1v) is 14.1. The van der Waals surface area contributed by atoms with E-state index >= 15 is 0 Å². The van der Waals surface area contributed by atoms with Crippen LogP contribution in [-0.2, 0) is 19.1 Å². The summed E-state index contributed by atoms with van der Waals surface area (Å²) >= 11 is 0. The van der Waals surface area contributed by atoms with Gasteiger partial charge in [0.1, 0.15) is 11.8 Å². The van der Waals surface area contributed by atoms with Gasteiger partial charge in [-0.1, -0.05) is 98.5 Å². The van der Waals surface area contributed by atoms with Crippen LogP contribution in [-0.4, -0.2) is 46.6 Å². The van der Waals surface area contributed by atoms with Gasteiger partial charge in [0.15, 0.2) is 0 Å². The number of hydrogen-bond donors (Lipinski definition) is 2. The summed E-state index contributed by atoms with van der Waals surface area (Å²) < 4.78 is 13.0. The fourth-order valence-electron chi connectivity index (χ4n) is 6.80. The van der Waals surface area contributed by atoms with E-state index in [1.165, 1.54) is 11.1 Å². The largest absolute Gasteiger partial charge is 0.481 e. The van der Waals surface area contributed by atoms with Crippen molar-refractivity contribution in [2.45, 2.75) is 87.6 Å². The van der Waals surface area contributed by atoms with Gasteiger partial charge in [0.05, 0.1) is 24.4 Å². The Morgan fingerprint density at radius 1 is 0.579 bits per heavy atom. The van der Waals surface area contributed by atoms with Gasteiger partial charge >= 0.3 is 11.9 Å². The Bertz CT molecular complexity index is 1010. The zero-order chi connectivity index (χ0) is 26.5. The van der Waals surface area contributed by atoms with Crippen molar-refractivity contribution >= 4 is 11.9 Å². The number of rotatable bonds is 8. The minimum Gasteiger partial charge on any atom is -0.481 e. The Morgan fingerprint density at radius 2 is 0.947 bits per heavy atom. The average molecular weight is 519 g/mol. The third-order valence-electron chi connectivity index (χ3n) is 8.68.